The molecule has 1 N–H and O–H groups in total. The van der Waals surface area contributed by atoms with Gasteiger partial charge in [-0.2, -0.15) is 0 Å². The Bertz CT molecular complexity index is 1350. The van der Waals surface area contributed by atoms with Gasteiger partial charge in [0.15, 0.2) is 0 Å². The van der Waals surface area contributed by atoms with Crippen LogP contribution < -0.4 is 5.32 Å². The largest absolute Gasteiger partial charge is 0.349 e. The molecule has 236 valence electrons. The van der Waals surface area contributed by atoms with E-state index in [1.807, 2.05) is 42.5 Å². The van der Waals surface area contributed by atoms with E-state index in [1.54, 1.807) is 0 Å². The van der Waals surface area contributed by atoms with Crippen molar-refractivity contribution in [1.82, 2.24) is 25.0 Å². The van der Waals surface area contributed by atoms with Crippen molar-refractivity contribution in [3.05, 3.63) is 65.7 Å². The molecule has 1 atom stereocenters. The molecule has 0 radical (unpaired) electrons. The Hall–Kier alpha value is -3.13. The molecule has 1 saturated carbocycles. The summed E-state index contributed by atoms with van der Waals surface area (Å²) in [5.74, 6) is 0.462. The van der Waals surface area contributed by atoms with E-state index in [-0.39, 0.29) is 11.9 Å². The lowest BCUT2D eigenvalue weighted by Gasteiger charge is -2.30. The van der Waals surface area contributed by atoms with Gasteiger partial charge in [0.25, 0.3) is 5.91 Å². The summed E-state index contributed by atoms with van der Waals surface area (Å²) in [4.78, 5) is 38.5. The standard InChI is InChI=1S/C37H51N5O2/c1-29(30-14-6-3-7-15-30)38-37(44)35-32-18-10-11-19-34(32)39-36(31-16-8-4-9-17-31)33(35)28-42(26-27-43)25-23-40(2)22-24-41-20-12-5-13-21-41/h4,8-11,16-19,27,29-30H,3,5-7,12-15,20-26,28H2,1-2H3,(H,38,44)/t29-/m0/s1. The molecule has 7 nitrogen and oxygen atoms in total. The predicted octanol–water partition coefficient (Wildman–Crippen LogP) is 6.02. The van der Waals surface area contributed by atoms with Gasteiger partial charge in [0.2, 0.25) is 0 Å². The maximum absolute atomic E-state index is 14.3. The number of carbonyl (C=O) groups is 2. The van der Waals surface area contributed by atoms with E-state index >= 15 is 0 Å². The van der Waals surface area contributed by atoms with Crippen molar-refractivity contribution in [3.63, 3.8) is 0 Å². The zero-order valence-corrected chi connectivity index (χ0v) is 26.8. The lowest BCUT2D eigenvalue weighted by Crippen LogP contribution is -2.41. The van der Waals surface area contributed by atoms with Gasteiger partial charge >= 0.3 is 0 Å². The van der Waals surface area contributed by atoms with Crippen LogP contribution in [0, 0.1) is 5.92 Å². The van der Waals surface area contributed by atoms with Gasteiger partial charge in [-0.15, -0.1) is 0 Å². The fourth-order valence-electron chi connectivity index (χ4n) is 7.01. The zero-order valence-electron chi connectivity index (χ0n) is 26.8. The average molecular weight is 598 g/mol. The number of aldehydes is 1. The second kappa shape index (κ2) is 16.3. The second-order valence-corrected chi connectivity index (χ2v) is 13.0. The van der Waals surface area contributed by atoms with Gasteiger partial charge < -0.3 is 19.9 Å². The summed E-state index contributed by atoms with van der Waals surface area (Å²) in [6, 6.07) is 18.2. The van der Waals surface area contributed by atoms with Gasteiger partial charge in [0, 0.05) is 55.3 Å². The van der Waals surface area contributed by atoms with Crippen LogP contribution in [-0.2, 0) is 11.3 Å². The molecule has 2 heterocycles. The van der Waals surface area contributed by atoms with E-state index in [0.717, 1.165) is 60.2 Å². The van der Waals surface area contributed by atoms with Crippen LogP contribution in [-0.4, -0.2) is 90.8 Å². The number of amides is 1. The molecule has 0 bridgehead atoms. The average Bonchev–Trinajstić information content (AvgIpc) is 3.07. The minimum Gasteiger partial charge on any atom is -0.349 e. The first-order chi connectivity index (χ1) is 21.5. The maximum Gasteiger partial charge on any atom is 0.252 e. The van der Waals surface area contributed by atoms with E-state index in [9.17, 15) is 9.59 Å². The number of carbonyl (C=O) groups excluding carboxylic acids is 2. The highest BCUT2D eigenvalue weighted by Crippen LogP contribution is 2.32. The fourth-order valence-corrected chi connectivity index (χ4v) is 7.01. The number of fused-ring (bicyclic) bond motifs is 1. The minimum absolute atomic E-state index is 0.0430. The third-order valence-electron chi connectivity index (χ3n) is 9.74. The van der Waals surface area contributed by atoms with Crippen molar-refractivity contribution in [3.8, 4) is 11.3 Å². The number of pyridine rings is 1. The van der Waals surface area contributed by atoms with Crippen LogP contribution in [0.15, 0.2) is 54.6 Å². The van der Waals surface area contributed by atoms with Crippen LogP contribution in [0.3, 0.4) is 0 Å². The molecule has 1 aliphatic carbocycles. The van der Waals surface area contributed by atoms with Crippen molar-refractivity contribution < 1.29 is 9.59 Å². The summed E-state index contributed by atoms with van der Waals surface area (Å²) in [7, 11) is 2.17. The summed E-state index contributed by atoms with van der Waals surface area (Å²) >= 11 is 0. The molecule has 7 heteroatoms. The van der Waals surface area contributed by atoms with E-state index in [0.29, 0.717) is 24.6 Å². The number of para-hydroxylation sites is 1. The smallest absolute Gasteiger partial charge is 0.252 e. The van der Waals surface area contributed by atoms with Gasteiger partial charge in [0.05, 0.1) is 23.3 Å². The van der Waals surface area contributed by atoms with Crippen molar-refractivity contribution in [2.24, 2.45) is 5.92 Å². The van der Waals surface area contributed by atoms with E-state index in [1.165, 1.54) is 64.5 Å². The lowest BCUT2D eigenvalue weighted by atomic mass is 9.84. The van der Waals surface area contributed by atoms with E-state index < -0.39 is 0 Å². The molecule has 2 fully saturated rings. The first-order valence-electron chi connectivity index (χ1n) is 16.9. The zero-order chi connectivity index (χ0) is 30.7. The minimum atomic E-state index is -0.0430. The van der Waals surface area contributed by atoms with Gasteiger partial charge in [-0.3, -0.25) is 9.69 Å². The van der Waals surface area contributed by atoms with Crippen LogP contribution in [0.2, 0.25) is 0 Å². The third-order valence-corrected chi connectivity index (χ3v) is 9.74. The summed E-state index contributed by atoms with van der Waals surface area (Å²) in [5.41, 5.74) is 4.18. The summed E-state index contributed by atoms with van der Waals surface area (Å²) in [5, 5.41) is 4.27. The molecule has 1 aliphatic heterocycles. The number of benzene rings is 2. The van der Waals surface area contributed by atoms with Gasteiger partial charge in [0.1, 0.15) is 6.29 Å². The Labute approximate surface area is 264 Å². The first kappa shape index (κ1) is 32.3. The lowest BCUT2D eigenvalue weighted by molar-refractivity contribution is -0.109. The quantitative estimate of drug-likeness (QED) is 0.229. The molecule has 5 rings (SSSR count). The topological polar surface area (TPSA) is 68.8 Å². The number of likely N-dealkylation sites (N-methyl/N-ethyl adjacent to an activating group) is 1. The highest BCUT2D eigenvalue weighted by molar-refractivity contribution is 6.09. The molecule has 1 amide bonds. The summed E-state index contributed by atoms with van der Waals surface area (Å²) < 4.78 is 0. The normalized spacial score (nSPS) is 17.3. The molecule has 3 aromatic rings. The first-order valence-corrected chi connectivity index (χ1v) is 16.9. The van der Waals surface area contributed by atoms with Crippen molar-refractivity contribution >= 4 is 23.1 Å². The number of rotatable bonds is 14. The van der Waals surface area contributed by atoms with Crippen molar-refractivity contribution in [2.75, 3.05) is 52.9 Å². The molecule has 1 aromatic heterocycles. The van der Waals surface area contributed by atoms with Crippen LogP contribution in [0.1, 0.15) is 74.2 Å². The SMILES string of the molecule is C[C@H](NC(=O)c1c(CN(CC=O)CCN(C)CCN2CCCCC2)c(-c2ccccc2)nc2ccccc12)C1CCCCC1. The van der Waals surface area contributed by atoms with E-state index in [2.05, 4.69) is 46.1 Å². The highest BCUT2D eigenvalue weighted by atomic mass is 16.1. The maximum atomic E-state index is 14.3. The molecule has 0 unspecified atom stereocenters. The van der Waals surface area contributed by atoms with Crippen LogP contribution in [0.4, 0.5) is 0 Å². The number of likely N-dealkylation sites (tertiary alicyclic amines) is 1. The number of aromatic nitrogens is 1. The van der Waals surface area contributed by atoms with Crippen LogP contribution >= 0.6 is 0 Å². The molecule has 2 aliphatic rings. The molecule has 2 aromatic carbocycles. The highest BCUT2D eigenvalue weighted by Gasteiger charge is 2.27. The molecular formula is C37H51N5O2. The van der Waals surface area contributed by atoms with Gasteiger partial charge in [-0.1, -0.05) is 74.2 Å². The van der Waals surface area contributed by atoms with Crippen molar-refractivity contribution in [2.45, 2.75) is 70.9 Å². The summed E-state index contributed by atoms with van der Waals surface area (Å²) in [6.45, 7) is 9.02. The molecule has 44 heavy (non-hydrogen) atoms. The number of nitrogens with one attached hydrogen (secondary N) is 1. The fraction of sp³-hybridized carbons (Fsp3) is 0.541. The number of nitrogens with zero attached hydrogens (tertiary/aromatic N) is 4. The van der Waals surface area contributed by atoms with Gasteiger partial charge in [-0.25, -0.2) is 4.98 Å². The van der Waals surface area contributed by atoms with E-state index in [4.69, 9.17) is 4.98 Å². The Kier molecular flexibility index (Phi) is 11.9. The monoisotopic (exact) mass is 597 g/mol. The number of hydrogen-bond donors (Lipinski definition) is 1. The summed E-state index contributed by atoms with van der Waals surface area (Å²) in [6.07, 6.45) is 11.0. The van der Waals surface area contributed by atoms with Crippen LogP contribution in [0.5, 0.6) is 0 Å². The Morgan fingerprint density at radius 3 is 2.41 bits per heavy atom. The number of hydrogen-bond acceptors (Lipinski definition) is 6. The van der Waals surface area contributed by atoms with Crippen LogP contribution in [0.25, 0.3) is 22.2 Å². The second-order valence-electron chi connectivity index (χ2n) is 13.0. The third kappa shape index (κ3) is 8.52. The Morgan fingerprint density at radius 1 is 0.955 bits per heavy atom. The molecule has 0 spiro atoms. The predicted molar refractivity (Wildman–Crippen MR) is 180 cm³/mol. The number of piperidine rings is 1. The Morgan fingerprint density at radius 2 is 1.66 bits per heavy atom. The molecular weight excluding hydrogens is 546 g/mol. The Balaban J connectivity index is 1.43. The molecule has 1 saturated heterocycles. The van der Waals surface area contributed by atoms with Crippen molar-refractivity contribution in [1.29, 1.82) is 0 Å². The van der Waals surface area contributed by atoms with Gasteiger partial charge in [-0.05, 0) is 64.7 Å².